The summed E-state index contributed by atoms with van der Waals surface area (Å²) in [5.41, 5.74) is 1.13. The maximum absolute atomic E-state index is 5.92. The van der Waals surface area contributed by atoms with E-state index in [0.29, 0.717) is 12.6 Å². The standard InChI is InChI=1S/C19H31N3O3/c1-20-19(21-15-16-7-4-5-8-18(16)24-3)22-11-9-17(10-12-22)25-14-6-13-23-2/h4-5,7-8,17H,6,9-15H2,1-3H3,(H,20,21). The summed E-state index contributed by atoms with van der Waals surface area (Å²) in [6.45, 7) is 4.16. The van der Waals surface area contributed by atoms with Crippen LogP contribution in [0.25, 0.3) is 0 Å². The van der Waals surface area contributed by atoms with Crippen molar-refractivity contribution in [2.45, 2.75) is 31.9 Å². The fraction of sp³-hybridized carbons (Fsp3) is 0.632. The number of ether oxygens (including phenoxy) is 3. The van der Waals surface area contributed by atoms with Crippen LogP contribution in [0.1, 0.15) is 24.8 Å². The number of methoxy groups -OCH3 is 2. The van der Waals surface area contributed by atoms with Gasteiger partial charge in [0.2, 0.25) is 0 Å². The molecule has 6 nitrogen and oxygen atoms in total. The molecule has 2 rings (SSSR count). The molecular weight excluding hydrogens is 318 g/mol. The summed E-state index contributed by atoms with van der Waals surface area (Å²) in [6.07, 6.45) is 3.37. The van der Waals surface area contributed by atoms with Crippen LogP contribution in [0, 0.1) is 0 Å². The fourth-order valence-electron chi connectivity index (χ4n) is 3.04. The van der Waals surface area contributed by atoms with Crippen LogP contribution >= 0.6 is 0 Å². The number of benzene rings is 1. The quantitative estimate of drug-likeness (QED) is 0.443. The summed E-state index contributed by atoms with van der Waals surface area (Å²) < 4.78 is 16.4. The van der Waals surface area contributed by atoms with Crippen LogP contribution in [0.5, 0.6) is 5.75 Å². The molecule has 25 heavy (non-hydrogen) atoms. The van der Waals surface area contributed by atoms with E-state index in [1.54, 1.807) is 14.2 Å². The number of piperidine rings is 1. The van der Waals surface area contributed by atoms with Crippen LogP contribution < -0.4 is 10.1 Å². The summed E-state index contributed by atoms with van der Waals surface area (Å²) in [4.78, 5) is 6.72. The van der Waals surface area contributed by atoms with E-state index in [0.717, 1.165) is 62.8 Å². The molecular formula is C19H31N3O3. The minimum absolute atomic E-state index is 0.348. The van der Waals surface area contributed by atoms with Crippen LogP contribution in [-0.2, 0) is 16.0 Å². The maximum Gasteiger partial charge on any atom is 0.193 e. The summed E-state index contributed by atoms with van der Waals surface area (Å²) in [7, 11) is 5.26. The molecule has 1 heterocycles. The monoisotopic (exact) mass is 349 g/mol. The van der Waals surface area contributed by atoms with Gasteiger partial charge in [0.25, 0.3) is 0 Å². The lowest BCUT2D eigenvalue weighted by molar-refractivity contribution is 0.00989. The second-order valence-corrected chi connectivity index (χ2v) is 6.12. The largest absolute Gasteiger partial charge is 0.496 e. The van der Waals surface area contributed by atoms with Gasteiger partial charge in [0, 0.05) is 52.6 Å². The minimum Gasteiger partial charge on any atom is -0.496 e. The van der Waals surface area contributed by atoms with Gasteiger partial charge >= 0.3 is 0 Å². The zero-order valence-corrected chi connectivity index (χ0v) is 15.7. The van der Waals surface area contributed by atoms with Crippen molar-refractivity contribution in [3.63, 3.8) is 0 Å². The fourth-order valence-corrected chi connectivity index (χ4v) is 3.04. The third kappa shape index (κ3) is 6.21. The summed E-state index contributed by atoms with van der Waals surface area (Å²) in [5.74, 6) is 1.83. The molecule has 1 aliphatic heterocycles. The molecule has 0 saturated carbocycles. The molecule has 0 aliphatic carbocycles. The molecule has 1 aromatic rings. The van der Waals surface area contributed by atoms with Crippen molar-refractivity contribution in [1.29, 1.82) is 0 Å². The van der Waals surface area contributed by atoms with Gasteiger partial charge < -0.3 is 24.4 Å². The normalized spacial score (nSPS) is 16.1. The minimum atomic E-state index is 0.348. The molecule has 1 aliphatic rings. The Labute approximate surface area is 151 Å². The maximum atomic E-state index is 5.92. The van der Waals surface area contributed by atoms with E-state index in [-0.39, 0.29) is 0 Å². The first kappa shape index (κ1) is 19.5. The van der Waals surface area contributed by atoms with Crippen molar-refractivity contribution in [1.82, 2.24) is 10.2 Å². The Morgan fingerprint density at radius 1 is 1.20 bits per heavy atom. The van der Waals surface area contributed by atoms with Gasteiger partial charge in [-0.15, -0.1) is 0 Å². The Balaban J connectivity index is 1.76. The molecule has 1 saturated heterocycles. The highest BCUT2D eigenvalue weighted by Gasteiger charge is 2.21. The average molecular weight is 349 g/mol. The number of guanidine groups is 1. The van der Waals surface area contributed by atoms with Crippen molar-refractivity contribution in [3.8, 4) is 5.75 Å². The molecule has 140 valence electrons. The zero-order chi connectivity index (χ0) is 17.9. The number of aliphatic imine (C=N–C) groups is 1. The number of para-hydroxylation sites is 1. The molecule has 0 spiro atoms. The molecule has 6 heteroatoms. The lowest BCUT2D eigenvalue weighted by atomic mass is 10.1. The number of likely N-dealkylation sites (tertiary alicyclic amines) is 1. The molecule has 1 aromatic carbocycles. The molecule has 1 fully saturated rings. The lowest BCUT2D eigenvalue weighted by Gasteiger charge is -2.34. The van der Waals surface area contributed by atoms with Crippen molar-refractivity contribution >= 4 is 5.96 Å². The molecule has 0 radical (unpaired) electrons. The first-order valence-corrected chi connectivity index (χ1v) is 8.96. The van der Waals surface area contributed by atoms with Crippen molar-refractivity contribution < 1.29 is 14.2 Å². The second kappa shape index (κ2) is 10.9. The number of nitrogens with one attached hydrogen (secondary N) is 1. The van der Waals surface area contributed by atoms with E-state index in [1.807, 2.05) is 25.2 Å². The van der Waals surface area contributed by atoms with E-state index in [2.05, 4.69) is 21.3 Å². The summed E-state index contributed by atoms with van der Waals surface area (Å²) in [6, 6.07) is 8.05. The van der Waals surface area contributed by atoms with Gasteiger partial charge in [-0.25, -0.2) is 0 Å². The van der Waals surface area contributed by atoms with E-state index in [4.69, 9.17) is 14.2 Å². The van der Waals surface area contributed by atoms with Crippen LogP contribution in [0.2, 0.25) is 0 Å². The summed E-state index contributed by atoms with van der Waals surface area (Å²) >= 11 is 0. The highest BCUT2D eigenvalue weighted by Crippen LogP contribution is 2.18. The van der Waals surface area contributed by atoms with Gasteiger partial charge in [0.15, 0.2) is 5.96 Å². The smallest absolute Gasteiger partial charge is 0.193 e. The molecule has 0 unspecified atom stereocenters. The highest BCUT2D eigenvalue weighted by atomic mass is 16.5. The first-order chi connectivity index (χ1) is 12.3. The van der Waals surface area contributed by atoms with E-state index in [1.165, 1.54) is 0 Å². The van der Waals surface area contributed by atoms with E-state index in [9.17, 15) is 0 Å². The van der Waals surface area contributed by atoms with Crippen molar-refractivity contribution in [3.05, 3.63) is 29.8 Å². The number of hydrogen-bond acceptors (Lipinski definition) is 4. The Morgan fingerprint density at radius 2 is 1.96 bits per heavy atom. The van der Waals surface area contributed by atoms with Crippen LogP contribution in [-0.4, -0.2) is 64.5 Å². The van der Waals surface area contributed by atoms with E-state index < -0.39 is 0 Å². The number of nitrogens with zero attached hydrogens (tertiary/aromatic N) is 2. The number of rotatable bonds is 8. The van der Waals surface area contributed by atoms with Gasteiger partial charge in [-0.3, -0.25) is 4.99 Å². The van der Waals surface area contributed by atoms with Gasteiger partial charge in [-0.1, -0.05) is 18.2 Å². The third-order valence-electron chi connectivity index (χ3n) is 4.43. The number of hydrogen-bond donors (Lipinski definition) is 1. The Morgan fingerprint density at radius 3 is 2.64 bits per heavy atom. The predicted octanol–water partition coefficient (Wildman–Crippen LogP) is 2.29. The average Bonchev–Trinajstić information content (AvgIpc) is 2.67. The van der Waals surface area contributed by atoms with Crippen LogP contribution in [0.3, 0.4) is 0 Å². The zero-order valence-electron chi connectivity index (χ0n) is 15.7. The van der Waals surface area contributed by atoms with Crippen molar-refractivity contribution in [2.24, 2.45) is 4.99 Å². The van der Waals surface area contributed by atoms with Crippen LogP contribution in [0.4, 0.5) is 0 Å². The van der Waals surface area contributed by atoms with Gasteiger partial charge in [-0.2, -0.15) is 0 Å². The molecule has 1 N–H and O–H groups in total. The topological polar surface area (TPSA) is 55.3 Å². The van der Waals surface area contributed by atoms with Gasteiger partial charge in [0.1, 0.15) is 5.75 Å². The van der Waals surface area contributed by atoms with Crippen molar-refractivity contribution in [2.75, 3.05) is 47.6 Å². The Bertz CT molecular complexity index is 528. The second-order valence-electron chi connectivity index (χ2n) is 6.12. The SMILES string of the molecule is CN=C(NCc1ccccc1OC)N1CCC(OCCCOC)CC1. The van der Waals surface area contributed by atoms with Gasteiger partial charge in [0.05, 0.1) is 13.2 Å². The Kier molecular flexibility index (Phi) is 8.55. The predicted molar refractivity (Wildman–Crippen MR) is 100 cm³/mol. The van der Waals surface area contributed by atoms with E-state index >= 15 is 0 Å². The summed E-state index contributed by atoms with van der Waals surface area (Å²) in [5, 5.41) is 3.44. The first-order valence-electron chi connectivity index (χ1n) is 8.96. The molecule has 0 bridgehead atoms. The molecule has 0 amide bonds. The Hall–Kier alpha value is -1.79. The van der Waals surface area contributed by atoms with Crippen LogP contribution in [0.15, 0.2) is 29.3 Å². The molecule has 0 aromatic heterocycles. The third-order valence-corrected chi connectivity index (χ3v) is 4.43. The molecule has 0 atom stereocenters. The lowest BCUT2D eigenvalue weighted by Crippen LogP contribution is -2.46. The van der Waals surface area contributed by atoms with Gasteiger partial charge in [-0.05, 0) is 25.3 Å². The highest BCUT2D eigenvalue weighted by molar-refractivity contribution is 5.80.